The zero-order valence-electron chi connectivity index (χ0n) is 16.4. The maximum atomic E-state index is 5.65. The molecule has 0 bridgehead atoms. The van der Waals surface area contributed by atoms with Gasteiger partial charge in [-0.1, -0.05) is 0 Å². The Morgan fingerprint density at radius 1 is 1.38 bits per heavy atom. The van der Waals surface area contributed by atoms with Crippen LogP contribution in [0.25, 0.3) is 0 Å². The van der Waals surface area contributed by atoms with Crippen LogP contribution in [0.15, 0.2) is 11.3 Å². The first-order valence-electron chi connectivity index (χ1n) is 9.30. The van der Waals surface area contributed by atoms with Crippen LogP contribution in [0.3, 0.4) is 0 Å². The van der Waals surface area contributed by atoms with Crippen LogP contribution in [0.4, 0.5) is 0 Å². The molecular formula is C17H34IN7O. The molecule has 1 aromatic rings. The number of ether oxygens (including phenoxy) is 1. The quantitative estimate of drug-likeness (QED) is 0.333. The second kappa shape index (κ2) is 12.4. The van der Waals surface area contributed by atoms with Gasteiger partial charge >= 0.3 is 0 Å². The number of rotatable bonds is 8. The van der Waals surface area contributed by atoms with Crippen LogP contribution in [-0.2, 0) is 18.3 Å². The number of halogens is 1. The Morgan fingerprint density at radius 3 is 2.69 bits per heavy atom. The Balaban J connectivity index is 0.00000338. The molecule has 0 spiro atoms. The lowest BCUT2D eigenvalue weighted by atomic mass is 10.1. The highest BCUT2D eigenvalue weighted by molar-refractivity contribution is 14.0. The van der Waals surface area contributed by atoms with Crippen LogP contribution < -0.4 is 10.6 Å². The van der Waals surface area contributed by atoms with E-state index < -0.39 is 0 Å². The van der Waals surface area contributed by atoms with Crippen molar-refractivity contribution >= 4 is 29.9 Å². The van der Waals surface area contributed by atoms with E-state index in [4.69, 9.17) is 4.74 Å². The number of aryl methyl sites for hydroxylation is 1. The molecule has 8 nitrogen and oxygen atoms in total. The van der Waals surface area contributed by atoms with E-state index in [2.05, 4.69) is 51.4 Å². The first-order chi connectivity index (χ1) is 12.1. The van der Waals surface area contributed by atoms with E-state index in [1.165, 1.54) is 0 Å². The van der Waals surface area contributed by atoms with E-state index in [0.717, 1.165) is 57.4 Å². The van der Waals surface area contributed by atoms with Crippen LogP contribution in [-0.4, -0.2) is 70.6 Å². The van der Waals surface area contributed by atoms with Gasteiger partial charge in [-0.2, -0.15) is 5.10 Å². The standard InChI is InChI=1S/C17H33N7O.HI/c1-5-18-17(19-12-16-20-13-21-23(16)4)22-15-6-8-24(9-7-15)10-11-25-14(2)3;/h13-15H,5-12H2,1-4H3,(H2,18,19,22);1H. The minimum absolute atomic E-state index is 0. The number of piperidine rings is 1. The van der Waals surface area contributed by atoms with Gasteiger partial charge in [0.1, 0.15) is 18.7 Å². The number of aromatic nitrogens is 3. The van der Waals surface area contributed by atoms with Gasteiger partial charge in [0.05, 0.1) is 12.7 Å². The summed E-state index contributed by atoms with van der Waals surface area (Å²) in [6, 6.07) is 0.458. The van der Waals surface area contributed by atoms with E-state index in [9.17, 15) is 0 Å². The fourth-order valence-electron chi connectivity index (χ4n) is 2.84. The largest absolute Gasteiger partial charge is 0.377 e. The average Bonchev–Trinajstić information content (AvgIpc) is 2.99. The zero-order chi connectivity index (χ0) is 18.1. The average molecular weight is 479 g/mol. The van der Waals surface area contributed by atoms with E-state index >= 15 is 0 Å². The summed E-state index contributed by atoms with van der Waals surface area (Å²) in [5.41, 5.74) is 0. The Morgan fingerprint density at radius 2 is 2.12 bits per heavy atom. The molecule has 1 aliphatic heterocycles. The fourth-order valence-corrected chi connectivity index (χ4v) is 2.84. The van der Waals surface area contributed by atoms with Crippen molar-refractivity contribution in [2.45, 2.75) is 52.3 Å². The third kappa shape index (κ3) is 8.17. The number of hydrogen-bond acceptors (Lipinski definition) is 5. The van der Waals surface area contributed by atoms with E-state index in [-0.39, 0.29) is 24.0 Å². The Labute approximate surface area is 174 Å². The summed E-state index contributed by atoms with van der Waals surface area (Å²) in [4.78, 5) is 11.3. The zero-order valence-corrected chi connectivity index (χ0v) is 18.8. The van der Waals surface area contributed by atoms with Gasteiger partial charge < -0.3 is 20.3 Å². The van der Waals surface area contributed by atoms with Crippen molar-refractivity contribution < 1.29 is 4.74 Å². The summed E-state index contributed by atoms with van der Waals surface area (Å²) in [5, 5.41) is 11.0. The van der Waals surface area contributed by atoms with Gasteiger partial charge in [0.2, 0.25) is 0 Å². The van der Waals surface area contributed by atoms with Gasteiger partial charge in [0.25, 0.3) is 0 Å². The number of aliphatic imine (C=N–C) groups is 1. The Hall–Kier alpha value is -0.940. The molecule has 0 saturated carbocycles. The Kier molecular flexibility index (Phi) is 11.1. The molecule has 0 unspecified atom stereocenters. The first-order valence-corrected chi connectivity index (χ1v) is 9.30. The second-order valence-electron chi connectivity index (χ2n) is 6.67. The summed E-state index contributed by atoms with van der Waals surface area (Å²) < 4.78 is 7.40. The summed E-state index contributed by atoms with van der Waals surface area (Å²) in [5.74, 6) is 1.71. The van der Waals surface area contributed by atoms with Gasteiger partial charge in [-0.05, 0) is 33.6 Å². The second-order valence-corrected chi connectivity index (χ2v) is 6.67. The predicted octanol–water partition coefficient (Wildman–Crippen LogP) is 1.38. The molecule has 2 N–H and O–H groups in total. The van der Waals surface area contributed by atoms with Gasteiger partial charge in [-0.3, -0.25) is 4.68 Å². The normalized spacial score (nSPS) is 16.6. The van der Waals surface area contributed by atoms with Crippen molar-refractivity contribution in [3.63, 3.8) is 0 Å². The first kappa shape index (κ1) is 23.1. The molecule has 1 saturated heterocycles. The number of nitrogens with zero attached hydrogens (tertiary/aromatic N) is 5. The highest BCUT2D eigenvalue weighted by atomic mass is 127. The summed E-state index contributed by atoms with van der Waals surface area (Å²) in [7, 11) is 1.89. The topological polar surface area (TPSA) is 79.6 Å². The number of hydrogen-bond donors (Lipinski definition) is 2. The number of nitrogens with one attached hydrogen (secondary N) is 2. The van der Waals surface area contributed by atoms with Crippen molar-refractivity contribution in [3.05, 3.63) is 12.2 Å². The van der Waals surface area contributed by atoms with Crippen molar-refractivity contribution in [1.29, 1.82) is 0 Å². The van der Waals surface area contributed by atoms with Gasteiger partial charge in [0.15, 0.2) is 5.96 Å². The fraction of sp³-hybridized carbons (Fsp3) is 0.824. The van der Waals surface area contributed by atoms with Crippen LogP contribution >= 0.6 is 24.0 Å². The lowest BCUT2D eigenvalue weighted by Gasteiger charge is -2.33. The molecule has 1 fully saturated rings. The maximum absolute atomic E-state index is 5.65. The highest BCUT2D eigenvalue weighted by Gasteiger charge is 2.19. The van der Waals surface area contributed by atoms with E-state index in [1.807, 2.05) is 7.05 Å². The molecule has 0 aromatic carbocycles. The third-order valence-electron chi connectivity index (χ3n) is 4.32. The molecule has 150 valence electrons. The molecule has 2 rings (SSSR count). The van der Waals surface area contributed by atoms with Gasteiger partial charge in [0, 0.05) is 39.3 Å². The molecule has 26 heavy (non-hydrogen) atoms. The van der Waals surface area contributed by atoms with E-state index in [0.29, 0.717) is 18.7 Å². The van der Waals surface area contributed by atoms with Crippen LogP contribution in [0.2, 0.25) is 0 Å². The molecule has 2 heterocycles. The molecule has 0 amide bonds. The molecule has 1 aromatic heterocycles. The predicted molar refractivity (Wildman–Crippen MR) is 115 cm³/mol. The summed E-state index contributed by atoms with van der Waals surface area (Å²) >= 11 is 0. The smallest absolute Gasteiger partial charge is 0.191 e. The molecule has 0 aliphatic carbocycles. The SMILES string of the molecule is CCNC(=NCc1ncnn1C)NC1CCN(CCOC(C)C)CC1.I. The minimum Gasteiger partial charge on any atom is -0.377 e. The monoisotopic (exact) mass is 479 g/mol. The van der Waals surface area contributed by atoms with Crippen molar-refractivity contribution in [1.82, 2.24) is 30.3 Å². The minimum atomic E-state index is 0. The third-order valence-corrected chi connectivity index (χ3v) is 4.32. The molecule has 1 aliphatic rings. The molecule has 9 heteroatoms. The highest BCUT2D eigenvalue weighted by Crippen LogP contribution is 2.10. The lowest BCUT2D eigenvalue weighted by molar-refractivity contribution is 0.0532. The van der Waals surface area contributed by atoms with Crippen molar-refractivity contribution in [3.8, 4) is 0 Å². The number of guanidine groups is 1. The molecule has 0 atom stereocenters. The van der Waals surface area contributed by atoms with Crippen molar-refractivity contribution in [2.75, 3.05) is 32.8 Å². The van der Waals surface area contributed by atoms with Gasteiger partial charge in [-0.25, -0.2) is 9.98 Å². The van der Waals surface area contributed by atoms with Crippen LogP contribution in [0, 0.1) is 0 Å². The van der Waals surface area contributed by atoms with Gasteiger partial charge in [-0.15, -0.1) is 24.0 Å². The Bertz CT molecular complexity index is 527. The van der Waals surface area contributed by atoms with E-state index in [1.54, 1.807) is 11.0 Å². The lowest BCUT2D eigenvalue weighted by Crippen LogP contribution is -2.49. The molecular weight excluding hydrogens is 445 g/mol. The molecule has 0 radical (unpaired) electrons. The maximum Gasteiger partial charge on any atom is 0.191 e. The summed E-state index contributed by atoms with van der Waals surface area (Å²) in [6.07, 6.45) is 4.11. The number of likely N-dealkylation sites (tertiary alicyclic amines) is 1. The van der Waals surface area contributed by atoms with Crippen LogP contribution in [0.1, 0.15) is 39.4 Å². The summed E-state index contributed by atoms with van der Waals surface area (Å²) in [6.45, 7) is 11.6. The van der Waals surface area contributed by atoms with Crippen molar-refractivity contribution in [2.24, 2.45) is 12.0 Å². The van der Waals surface area contributed by atoms with Crippen LogP contribution in [0.5, 0.6) is 0 Å².